The number of sulfonamides is 1. The van der Waals surface area contributed by atoms with Crippen LogP contribution in [-0.4, -0.2) is 59.5 Å². The number of piperazine rings is 1. The van der Waals surface area contributed by atoms with E-state index in [9.17, 15) is 13.2 Å². The van der Waals surface area contributed by atoms with Crippen molar-refractivity contribution >= 4 is 15.9 Å². The zero-order valence-corrected chi connectivity index (χ0v) is 20.3. The van der Waals surface area contributed by atoms with Crippen molar-refractivity contribution in [3.05, 3.63) is 46.8 Å². The van der Waals surface area contributed by atoms with Gasteiger partial charge >= 0.3 is 0 Å². The van der Waals surface area contributed by atoms with Crippen molar-refractivity contribution in [1.82, 2.24) is 19.0 Å². The minimum absolute atomic E-state index is 0.0421. The quantitative estimate of drug-likeness (QED) is 0.708. The minimum Gasteiger partial charge on any atom is -0.340 e. The molecule has 0 atom stereocenters. The number of hydrogen-bond donors (Lipinski definition) is 0. The fourth-order valence-corrected chi connectivity index (χ4v) is 5.94. The summed E-state index contributed by atoms with van der Waals surface area (Å²) in [5.41, 5.74) is 3.67. The van der Waals surface area contributed by atoms with E-state index in [-0.39, 0.29) is 11.3 Å². The number of aromatic nitrogens is 2. The molecule has 1 saturated heterocycles. The van der Waals surface area contributed by atoms with Crippen molar-refractivity contribution in [1.29, 1.82) is 0 Å². The molecule has 1 aliphatic rings. The maximum atomic E-state index is 13.4. The van der Waals surface area contributed by atoms with Crippen molar-refractivity contribution in [2.45, 2.75) is 57.8 Å². The summed E-state index contributed by atoms with van der Waals surface area (Å²) in [6.45, 7) is 11.6. The van der Waals surface area contributed by atoms with E-state index in [0.717, 1.165) is 22.3 Å². The maximum Gasteiger partial charge on any atom is 0.243 e. The second kappa shape index (κ2) is 8.74. The molecule has 0 unspecified atom stereocenters. The number of benzene rings is 1. The summed E-state index contributed by atoms with van der Waals surface area (Å²) < 4.78 is 30.0. The molecule has 7 nitrogen and oxygen atoms in total. The van der Waals surface area contributed by atoms with Gasteiger partial charge < -0.3 is 4.90 Å². The van der Waals surface area contributed by atoms with Crippen molar-refractivity contribution in [2.75, 3.05) is 26.2 Å². The van der Waals surface area contributed by atoms with E-state index in [4.69, 9.17) is 0 Å². The van der Waals surface area contributed by atoms with Crippen LogP contribution in [0.3, 0.4) is 0 Å². The van der Waals surface area contributed by atoms with E-state index >= 15 is 0 Å². The first-order valence-corrected chi connectivity index (χ1v) is 12.2. The van der Waals surface area contributed by atoms with Gasteiger partial charge in [0.15, 0.2) is 0 Å². The highest BCUT2D eigenvalue weighted by molar-refractivity contribution is 7.89. The fourth-order valence-electron chi connectivity index (χ4n) is 4.11. The Bertz CT molecular complexity index is 1040. The van der Waals surface area contributed by atoms with Crippen molar-refractivity contribution in [3.8, 4) is 0 Å². The Kier molecular flexibility index (Phi) is 6.62. The van der Waals surface area contributed by atoms with Gasteiger partial charge in [0.25, 0.3) is 0 Å². The highest BCUT2D eigenvalue weighted by atomic mass is 32.2. The van der Waals surface area contributed by atoms with E-state index in [0.29, 0.717) is 43.9 Å². The Balaban J connectivity index is 1.66. The summed E-state index contributed by atoms with van der Waals surface area (Å²) in [7, 11) is -1.75. The lowest BCUT2D eigenvalue weighted by atomic mass is 9.85. The molecule has 1 aromatic carbocycles. The van der Waals surface area contributed by atoms with Crippen LogP contribution < -0.4 is 0 Å². The lowest BCUT2D eigenvalue weighted by Crippen LogP contribution is -2.50. The lowest BCUT2D eigenvalue weighted by molar-refractivity contribution is -0.132. The molecule has 1 amide bonds. The average molecular weight is 447 g/mol. The van der Waals surface area contributed by atoms with Gasteiger partial charge in [0.2, 0.25) is 15.9 Å². The van der Waals surface area contributed by atoms with Gasteiger partial charge in [-0.3, -0.25) is 9.48 Å². The smallest absolute Gasteiger partial charge is 0.243 e. The van der Waals surface area contributed by atoms with Gasteiger partial charge in [-0.25, -0.2) is 8.42 Å². The van der Waals surface area contributed by atoms with Gasteiger partial charge in [-0.2, -0.15) is 9.40 Å². The fraction of sp³-hybridized carbons (Fsp3) is 0.565. The maximum absolute atomic E-state index is 13.4. The standard InChI is InChI=1S/C23H34N4O3S/c1-17-13-20(23(3,4)5)14-18(2)22(17)31(29,30)27-11-9-26(10-12-27)21(28)8-7-19-15-24-25(6)16-19/h13-16H,7-12H2,1-6H3. The first-order chi connectivity index (χ1) is 14.4. The van der Waals surface area contributed by atoms with Gasteiger partial charge in [-0.05, 0) is 47.9 Å². The Morgan fingerprint density at radius 2 is 1.65 bits per heavy atom. The Hall–Kier alpha value is -2.19. The molecule has 0 saturated carbocycles. The highest BCUT2D eigenvalue weighted by Crippen LogP contribution is 2.31. The first-order valence-electron chi connectivity index (χ1n) is 10.8. The molecular formula is C23H34N4O3S. The van der Waals surface area contributed by atoms with Crippen LogP contribution >= 0.6 is 0 Å². The zero-order chi connectivity index (χ0) is 23.0. The van der Waals surface area contributed by atoms with Crippen LogP contribution in [0.15, 0.2) is 29.4 Å². The molecule has 0 spiro atoms. The molecule has 0 aliphatic carbocycles. The Morgan fingerprint density at radius 1 is 1.06 bits per heavy atom. The molecule has 3 rings (SSSR count). The molecule has 1 aromatic heterocycles. The molecule has 0 N–H and O–H groups in total. The highest BCUT2D eigenvalue weighted by Gasteiger charge is 2.32. The average Bonchev–Trinajstić information content (AvgIpc) is 3.10. The molecule has 2 aromatic rings. The third kappa shape index (κ3) is 5.18. The molecule has 0 bridgehead atoms. The second-order valence-corrected chi connectivity index (χ2v) is 11.4. The third-order valence-electron chi connectivity index (χ3n) is 5.90. The summed E-state index contributed by atoms with van der Waals surface area (Å²) >= 11 is 0. The molecule has 2 heterocycles. The molecule has 170 valence electrons. The van der Waals surface area contributed by atoms with Crippen LogP contribution in [0.25, 0.3) is 0 Å². The Morgan fingerprint density at radius 3 is 2.13 bits per heavy atom. The van der Waals surface area contributed by atoms with E-state index in [2.05, 4.69) is 25.9 Å². The number of rotatable bonds is 5. The summed E-state index contributed by atoms with van der Waals surface area (Å²) in [6, 6.07) is 3.97. The van der Waals surface area contributed by atoms with E-state index in [1.165, 1.54) is 4.31 Å². The SMILES string of the molecule is Cc1cc(C(C)(C)C)cc(C)c1S(=O)(=O)N1CCN(C(=O)CCc2cnn(C)c2)CC1. The largest absolute Gasteiger partial charge is 0.340 e. The van der Waals surface area contributed by atoms with Crippen molar-refractivity contribution in [3.63, 3.8) is 0 Å². The van der Waals surface area contributed by atoms with Gasteiger partial charge in [0.1, 0.15) is 0 Å². The van der Waals surface area contributed by atoms with E-state index < -0.39 is 10.0 Å². The van der Waals surface area contributed by atoms with Gasteiger partial charge in [0, 0.05) is 45.8 Å². The van der Waals surface area contributed by atoms with E-state index in [1.807, 2.05) is 39.2 Å². The van der Waals surface area contributed by atoms with E-state index in [1.54, 1.807) is 15.8 Å². The first kappa shape index (κ1) is 23.5. The van der Waals surface area contributed by atoms with Gasteiger partial charge in [-0.1, -0.05) is 32.9 Å². The van der Waals surface area contributed by atoms with Crippen LogP contribution in [-0.2, 0) is 33.7 Å². The number of carbonyl (C=O) groups is 1. The third-order valence-corrected chi connectivity index (χ3v) is 8.11. The van der Waals surface area contributed by atoms with Crippen molar-refractivity contribution < 1.29 is 13.2 Å². The number of aryl methyl sites for hydroxylation is 4. The summed E-state index contributed by atoms with van der Waals surface area (Å²) in [5, 5.41) is 4.12. The topological polar surface area (TPSA) is 75.5 Å². The molecular weight excluding hydrogens is 412 g/mol. The molecule has 1 fully saturated rings. The predicted octanol–water partition coefficient (Wildman–Crippen LogP) is 2.80. The number of nitrogens with zero attached hydrogens (tertiary/aromatic N) is 4. The molecule has 0 radical (unpaired) electrons. The number of hydrogen-bond acceptors (Lipinski definition) is 4. The molecule has 31 heavy (non-hydrogen) atoms. The van der Waals surface area contributed by atoms with Gasteiger partial charge in [0.05, 0.1) is 11.1 Å². The minimum atomic E-state index is -3.60. The van der Waals surface area contributed by atoms with Crippen LogP contribution in [0.1, 0.15) is 49.4 Å². The van der Waals surface area contributed by atoms with Crippen LogP contribution in [0.4, 0.5) is 0 Å². The normalized spacial score (nSPS) is 16.0. The Labute approximate surface area is 186 Å². The molecule has 8 heteroatoms. The second-order valence-electron chi connectivity index (χ2n) is 9.50. The predicted molar refractivity (Wildman–Crippen MR) is 121 cm³/mol. The number of carbonyl (C=O) groups excluding carboxylic acids is 1. The van der Waals surface area contributed by atoms with Crippen LogP contribution in [0.5, 0.6) is 0 Å². The lowest BCUT2D eigenvalue weighted by Gasteiger charge is -2.35. The zero-order valence-electron chi connectivity index (χ0n) is 19.5. The monoisotopic (exact) mass is 446 g/mol. The summed E-state index contributed by atoms with van der Waals surface area (Å²) in [4.78, 5) is 14.7. The molecule has 1 aliphatic heterocycles. The van der Waals surface area contributed by atoms with Crippen molar-refractivity contribution in [2.24, 2.45) is 7.05 Å². The summed E-state index contributed by atoms with van der Waals surface area (Å²) in [5.74, 6) is 0.0581. The van der Waals surface area contributed by atoms with Gasteiger partial charge in [-0.15, -0.1) is 0 Å². The van der Waals surface area contributed by atoms with Crippen LogP contribution in [0, 0.1) is 13.8 Å². The van der Waals surface area contributed by atoms with Crippen LogP contribution in [0.2, 0.25) is 0 Å². The summed E-state index contributed by atoms with van der Waals surface area (Å²) in [6.07, 6.45) is 4.73. The number of amides is 1.